The van der Waals surface area contributed by atoms with E-state index in [-0.39, 0.29) is 30.1 Å². The molecule has 0 N–H and O–H groups in total. The lowest BCUT2D eigenvalue weighted by atomic mass is 10.0. The number of carbonyl (C=O) groups is 2. The number of hydrogen-bond acceptors (Lipinski definition) is 6. The van der Waals surface area contributed by atoms with Crippen LogP contribution in [-0.2, 0) is 0 Å². The lowest BCUT2D eigenvalue weighted by Gasteiger charge is -2.09. The van der Waals surface area contributed by atoms with Crippen molar-refractivity contribution in [3.05, 3.63) is 53.9 Å². The Kier molecular flexibility index (Phi) is 6.49. The third-order valence-electron chi connectivity index (χ3n) is 3.87. The molecule has 0 atom stereocenters. The predicted octanol–water partition coefficient (Wildman–Crippen LogP) is 3.60. The van der Waals surface area contributed by atoms with Crippen molar-refractivity contribution < 1.29 is 23.8 Å². The number of carbonyl (C=O) groups excluding carboxylic acids is 2. The third kappa shape index (κ3) is 4.27. The van der Waals surface area contributed by atoms with Crippen molar-refractivity contribution in [2.75, 3.05) is 21.3 Å². The molecule has 6 nitrogen and oxygen atoms in total. The van der Waals surface area contributed by atoms with E-state index < -0.39 is 0 Å². The fourth-order valence-corrected chi connectivity index (χ4v) is 2.45. The minimum absolute atomic E-state index is 0.0586. The Morgan fingerprint density at radius 2 is 1.54 bits per heavy atom. The minimum Gasteiger partial charge on any atom is -0.494 e. The topological polar surface area (TPSA) is 74.7 Å². The first-order valence-corrected chi connectivity index (χ1v) is 8.00. The van der Waals surface area contributed by atoms with Gasteiger partial charge in [-0.3, -0.25) is 9.59 Å². The summed E-state index contributed by atoms with van der Waals surface area (Å²) in [5.41, 5.74) is 1.23. The van der Waals surface area contributed by atoms with Crippen LogP contribution in [0.2, 0.25) is 0 Å². The number of benzene rings is 1. The van der Waals surface area contributed by atoms with Crippen LogP contribution < -0.4 is 14.2 Å². The zero-order chi connectivity index (χ0) is 19.1. The quantitative estimate of drug-likeness (QED) is 0.640. The molecule has 0 amide bonds. The number of pyridine rings is 1. The van der Waals surface area contributed by atoms with E-state index in [1.165, 1.54) is 27.4 Å². The molecule has 0 spiro atoms. The first kappa shape index (κ1) is 19.2. The highest BCUT2D eigenvalue weighted by Gasteiger charge is 2.15. The number of rotatable bonds is 9. The molecule has 2 rings (SSSR count). The predicted molar refractivity (Wildman–Crippen MR) is 98.3 cm³/mol. The summed E-state index contributed by atoms with van der Waals surface area (Å²) >= 11 is 0. The van der Waals surface area contributed by atoms with Crippen molar-refractivity contribution >= 4 is 17.6 Å². The van der Waals surface area contributed by atoms with E-state index in [9.17, 15) is 9.59 Å². The second-order valence-electron chi connectivity index (χ2n) is 5.40. The highest BCUT2D eigenvalue weighted by molar-refractivity contribution is 6.01. The number of nitrogens with zero attached hydrogens (tertiary/aromatic N) is 1. The molecule has 0 bridgehead atoms. The largest absolute Gasteiger partial charge is 0.494 e. The summed E-state index contributed by atoms with van der Waals surface area (Å²) in [7, 11) is 4.55. The highest BCUT2D eigenvalue weighted by Crippen LogP contribution is 2.28. The number of aromatic nitrogens is 1. The van der Waals surface area contributed by atoms with Gasteiger partial charge >= 0.3 is 0 Å². The average Bonchev–Trinajstić information content (AvgIpc) is 2.70. The van der Waals surface area contributed by atoms with Gasteiger partial charge in [-0.05, 0) is 36.4 Å². The smallest absolute Gasteiger partial charge is 0.181 e. The molecule has 0 fully saturated rings. The van der Waals surface area contributed by atoms with Crippen LogP contribution >= 0.6 is 0 Å². The molecule has 0 aliphatic heterocycles. The van der Waals surface area contributed by atoms with Crippen molar-refractivity contribution in [2.45, 2.75) is 12.8 Å². The molecule has 0 saturated carbocycles. The van der Waals surface area contributed by atoms with Gasteiger partial charge in [0.05, 0.1) is 21.3 Å². The summed E-state index contributed by atoms with van der Waals surface area (Å²) in [4.78, 5) is 28.9. The Labute approximate surface area is 152 Å². The molecule has 2 aromatic rings. The number of Topliss-reactive ketones (excluding diaryl/α,β-unsaturated/α-hetero) is 2. The minimum atomic E-state index is -0.218. The first-order valence-electron chi connectivity index (χ1n) is 8.00. The van der Waals surface area contributed by atoms with Gasteiger partial charge in [0, 0.05) is 18.4 Å². The van der Waals surface area contributed by atoms with E-state index in [0.717, 1.165) is 0 Å². The van der Waals surface area contributed by atoms with Gasteiger partial charge in [-0.25, -0.2) is 4.98 Å². The second-order valence-corrected chi connectivity index (χ2v) is 5.40. The maximum absolute atomic E-state index is 12.4. The molecular weight excluding hydrogens is 334 g/mol. The van der Waals surface area contributed by atoms with Crippen LogP contribution in [0.4, 0.5) is 0 Å². The fraction of sp³-hybridized carbons (Fsp3) is 0.250. The Hall–Kier alpha value is -3.15. The zero-order valence-corrected chi connectivity index (χ0v) is 15.1. The van der Waals surface area contributed by atoms with E-state index >= 15 is 0 Å². The lowest BCUT2D eigenvalue weighted by Crippen LogP contribution is -2.08. The van der Waals surface area contributed by atoms with Gasteiger partial charge in [0.15, 0.2) is 23.1 Å². The molecular formula is C20H21NO5. The molecule has 26 heavy (non-hydrogen) atoms. The summed E-state index contributed by atoms with van der Waals surface area (Å²) in [6.07, 6.45) is 1.65. The molecule has 1 aromatic heterocycles. The summed E-state index contributed by atoms with van der Waals surface area (Å²) in [6, 6.07) is 8.15. The van der Waals surface area contributed by atoms with Crippen LogP contribution in [0.1, 0.15) is 39.4 Å². The Balaban J connectivity index is 2.07. The van der Waals surface area contributed by atoms with E-state index in [1.807, 2.05) is 0 Å². The molecule has 136 valence electrons. The van der Waals surface area contributed by atoms with Crippen LogP contribution in [0.15, 0.2) is 36.9 Å². The number of hydrogen-bond donors (Lipinski definition) is 0. The van der Waals surface area contributed by atoms with Crippen LogP contribution in [0.3, 0.4) is 0 Å². The van der Waals surface area contributed by atoms with Crippen LogP contribution in [-0.4, -0.2) is 37.9 Å². The van der Waals surface area contributed by atoms with Gasteiger partial charge in [-0.2, -0.15) is 0 Å². The zero-order valence-electron chi connectivity index (χ0n) is 15.1. The average molecular weight is 355 g/mol. The van der Waals surface area contributed by atoms with E-state index in [1.54, 1.807) is 30.3 Å². The number of methoxy groups -OCH3 is 3. The van der Waals surface area contributed by atoms with Crippen LogP contribution in [0.25, 0.3) is 6.08 Å². The van der Waals surface area contributed by atoms with Crippen molar-refractivity contribution in [3.63, 3.8) is 0 Å². The van der Waals surface area contributed by atoms with Crippen molar-refractivity contribution in [2.24, 2.45) is 0 Å². The molecule has 0 aliphatic rings. The summed E-state index contributed by atoms with van der Waals surface area (Å²) in [6.45, 7) is 3.65. The van der Waals surface area contributed by atoms with Crippen molar-refractivity contribution in [3.8, 4) is 17.2 Å². The Morgan fingerprint density at radius 3 is 2.15 bits per heavy atom. The fourth-order valence-electron chi connectivity index (χ4n) is 2.45. The van der Waals surface area contributed by atoms with Gasteiger partial charge in [0.1, 0.15) is 17.1 Å². The molecule has 0 aliphatic carbocycles. The van der Waals surface area contributed by atoms with Gasteiger partial charge in [0.2, 0.25) is 0 Å². The number of ether oxygens (including phenoxy) is 3. The van der Waals surface area contributed by atoms with Gasteiger partial charge in [-0.15, -0.1) is 0 Å². The molecule has 0 radical (unpaired) electrons. The molecule has 0 saturated heterocycles. The SMILES string of the molecule is C=Cc1nc(C(=O)CCC(=O)c2ccc(OC)c(OC)c2)ccc1OC. The highest BCUT2D eigenvalue weighted by atomic mass is 16.5. The van der Waals surface area contributed by atoms with Gasteiger partial charge in [-0.1, -0.05) is 6.58 Å². The molecule has 0 unspecified atom stereocenters. The van der Waals surface area contributed by atoms with Crippen molar-refractivity contribution in [1.29, 1.82) is 0 Å². The van der Waals surface area contributed by atoms with Crippen molar-refractivity contribution in [1.82, 2.24) is 4.98 Å². The number of ketones is 2. The standard InChI is InChI=1S/C20H21NO5/c1-5-14-18(24-2)11-7-15(21-14)17(23)9-8-16(22)13-6-10-19(25-3)20(12-13)26-4/h5-7,10-12H,1,8-9H2,2-4H3. The maximum atomic E-state index is 12.4. The monoisotopic (exact) mass is 355 g/mol. The lowest BCUT2D eigenvalue weighted by molar-refractivity contribution is 0.0914. The summed E-state index contributed by atoms with van der Waals surface area (Å²) in [5, 5.41) is 0. The second kappa shape index (κ2) is 8.80. The molecule has 1 aromatic carbocycles. The maximum Gasteiger partial charge on any atom is 0.181 e. The first-order chi connectivity index (χ1) is 12.5. The van der Waals surface area contributed by atoms with Gasteiger partial charge in [0.25, 0.3) is 0 Å². The summed E-state index contributed by atoms with van der Waals surface area (Å²) < 4.78 is 15.5. The van der Waals surface area contributed by atoms with E-state index in [0.29, 0.717) is 28.5 Å². The molecule has 6 heteroatoms. The Bertz CT molecular complexity index is 829. The van der Waals surface area contributed by atoms with Crippen LogP contribution in [0.5, 0.6) is 17.2 Å². The molecule has 1 heterocycles. The Morgan fingerprint density at radius 1 is 0.923 bits per heavy atom. The summed E-state index contributed by atoms with van der Waals surface area (Å²) in [5.74, 6) is 1.18. The normalized spacial score (nSPS) is 10.1. The van der Waals surface area contributed by atoms with Gasteiger partial charge < -0.3 is 14.2 Å². The van der Waals surface area contributed by atoms with Crippen LogP contribution in [0, 0.1) is 0 Å². The van der Waals surface area contributed by atoms with E-state index in [2.05, 4.69) is 11.6 Å². The third-order valence-corrected chi connectivity index (χ3v) is 3.87. The van der Waals surface area contributed by atoms with E-state index in [4.69, 9.17) is 14.2 Å².